The van der Waals surface area contributed by atoms with Gasteiger partial charge in [0.2, 0.25) is 0 Å². The maximum atomic E-state index is 10.6. The fourth-order valence-corrected chi connectivity index (χ4v) is 3.61. The van der Waals surface area contributed by atoms with Crippen LogP contribution in [-0.4, -0.2) is 10.7 Å². The lowest BCUT2D eigenvalue weighted by Gasteiger charge is -2.62. The molecule has 80 valence electrons. The molecule has 0 radical (unpaired) electrons. The Morgan fingerprint density at radius 3 is 2.43 bits per heavy atom. The summed E-state index contributed by atoms with van der Waals surface area (Å²) in [6.45, 7) is 8.79. The highest BCUT2D eigenvalue weighted by Crippen LogP contribution is 2.63. The van der Waals surface area contributed by atoms with E-state index in [9.17, 15) is 5.11 Å². The Labute approximate surface area is 87.2 Å². The van der Waals surface area contributed by atoms with Crippen molar-refractivity contribution in [3.05, 3.63) is 11.6 Å². The van der Waals surface area contributed by atoms with Crippen LogP contribution >= 0.6 is 0 Å². The zero-order valence-corrected chi connectivity index (χ0v) is 9.80. The van der Waals surface area contributed by atoms with Crippen molar-refractivity contribution in [2.24, 2.45) is 17.3 Å². The monoisotopic (exact) mass is 194 g/mol. The van der Waals surface area contributed by atoms with Gasteiger partial charge in [0, 0.05) is 0 Å². The third-order valence-corrected chi connectivity index (χ3v) is 4.51. The molecule has 0 aromatic carbocycles. The van der Waals surface area contributed by atoms with E-state index in [1.54, 1.807) is 0 Å². The van der Waals surface area contributed by atoms with Crippen LogP contribution in [0.25, 0.3) is 0 Å². The predicted octanol–water partition coefficient (Wildman–Crippen LogP) is 3.14. The number of aliphatic hydroxyl groups is 1. The van der Waals surface area contributed by atoms with Crippen LogP contribution in [0.5, 0.6) is 0 Å². The highest BCUT2D eigenvalue weighted by atomic mass is 16.3. The van der Waals surface area contributed by atoms with Gasteiger partial charge in [-0.3, -0.25) is 0 Å². The van der Waals surface area contributed by atoms with Crippen LogP contribution in [0, 0.1) is 17.3 Å². The molecular formula is C13H22O. The van der Waals surface area contributed by atoms with E-state index in [1.807, 2.05) is 0 Å². The van der Waals surface area contributed by atoms with E-state index < -0.39 is 5.60 Å². The minimum absolute atomic E-state index is 0.360. The Hall–Kier alpha value is -0.300. The van der Waals surface area contributed by atoms with Gasteiger partial charge >= 0.3 is 0 Å². The molecule has 0 spiro atoms. The van der Waals surface area contributed by atoms with E-state index >= 15 is 0 Å². The van der Waals surface area contributed by atoms with E-state index in [-0.39, 0.29) is 0 Å². The topological polar surface area (TPSA) is 20.2 Å². The van der Waals surface area contributed by atoms with Gasteiger partial charge in [-0.1, -0.05) is 25.5 Å². The lowest BCUT2D eigenvalue weighted by atomic mass is 9.44. The summed E-state index contributed by atoms with van der Waals surface area (Å²) in [4.78, 5) is 0. The first-order chi connectivity index (χ1) is 6.36. The fourth-order valence-electron chi connectivity index (χ4n) is 3.61. The van der Waals surface area contributed by atoms with Gasteiger partial charge in [-0.15, -0.1) is 0 Å². The highest BCUT2D eigenvalue weighted by molar-refractivity contribution is 5.19. The molecule has 3 fully saturated rings. The molecule has 3 aliphatic rings. The number of hydrogen-bond acceptors (Lipinski definition) is 1. The molecule has 0 aromatic heterocycles. The van der Waals surface area contributed by atoms with Crippen LogP contribution in [0.4, 0.5) is 0 Å². The van der Waals surface area contributed by atoms with E-state index in [1.165, 1.54) is 18.4 Å². The highest BCUT2D eigenvalue weighted by Gasteiger charge is 2.59. The Bertz CT molecular complexity index is 271. The summed E-state index contributed by atoms with van der Waals surface area (Å²) in [6.07, 6.45) is 5.49. The molecule has 0 heterocycles. The molecule has 3 saturated carbocycles. The molecule has 1 nitrogen and oxygen atoms in total. The normalized spacial score (nSPS) is 44.1. The van der Waals surface area contributed by atoms with Crippen LogP contribution in [-0.2, 0) is 0 Å². The van der Waals surface area contributed by atoms with Crippen molar-refractivity contribution in [2.75, 3.05) is 0 Å². The summed E-state index contributed by atoms with van der Waals surface area (Å²) in [7, 11) is 0. The maximum absolute atomic E-state index is 10.6. The Morgan fingerprint density at radius 1 is 1.36 bits per heavy atom. The maximum Gasteiger partial charge on any atom is 0.0863 e. The molecule has 0 saturated heterocycles. The summed E-state index contributed by atoms with van der Waals surface area (Å²) in [5, 5.41) is 10.6. The molecular weight excluding hydrogens is 172 g/mol. The summed E-state index contributed by atoms with van der Waals surface area (Å²) in [5.74, 6) is 1.35. The molecule has 1 N–H and O–H groups in total. The van der Waals surface area contributed by atoms with Crippen LogP contribution < -0.4 is 0 Å². The minimum Gasteiger partial charge on any atom is -0.385 e. The molecule has 3 aliphatic carbocycles. The van der Waals surface area contributed by atoms with Gasteiger partial charge in [-0.25, -0.2) is 0 Å². The zero-order chi connectivity index (χ0) is 10.6. The molecule has 14 heavy (non-hydrogen) atoms. The summed E-state index contributed by atoms with van der Waals surface area (Å²) in [5.41, 5.74) is 1.10. The number of fused-ring (bicyclic) bond motifs is 2. The Kier molecular flexibility index (Phi) is 2.08. The van der Waals surface area contributed by atoms with Gasteiger partial charge < -0.3 is 5.11 Å². The summed E-state index contributed by atoms with van der Waals surface area (Å²) >= 11 is 0. The second-order valence-electron chi connectivity index (χ2n) is 6.06. The third kappa shape index (κ3) is 1.25. The van der Waals surface area contributed by atoms with Crippen molar-refractivity contribution in [1.82, 2.24) is 0 Å². The van der Waals surface area contributed by atoms with E-state index in [0.29, 0.717) is 11.3 Å². The zero-order valence-electron chi connectivity index (χ0n) is 9.80. The summed E-state index contributed by atoms with van der Waals surface area (Å²) < 4.78 is 0. The van der Waals surface area contributed by atoms with Crippen LogP contribution in [0.15, 0.2) is 11.6 Å². The first-order valence-electron chi connectivity index (χ1n) is 5.75. The van der Waals surface area contributed by atoms with Crippen molar-refractivity contribution >= 4 is 0 Å². The minimum atomic E-state index is -0.503. The molecule has 3 rings (SSSR count). The lowest BCUT2D eigenvalue weighted by molar-refractivity contribution is -0.178. The van der Waals surface area contributed by atoms with Crippen molar-refractivity contribution < 1.29 is 5.11 Å². The van der Waals surface area contributed by atoms with Gasteiger partial charge in [0.25, 0.3) is 0 Å². The van der Waals surface area contributed by atoms with Gasteiger partial charge in [-0.2, -0.15) is 0 Å². The SMILES string of the molecule is CC(C)=CC1(O)CCC2CC1C2(C)C. The second-order valence-corrected chi connectivity index (χ2v) is 6.06. The molecule has 0 aliphatic heterocycles. The molecule has 2 bridgehead atoms. The second kappa shape index (κ2) is 2.85. The van der Waals surface area contributed by atoms with Crippen LogP contribution in [0.1, 0.15) is 47.0 Å². The van der Waals surface area contributed by atoms with Gasteiger partial charge in [0.1, 0.15) is 0 Å². The van der Waals surface area contributed by atoms with Crippen LogP contribution in [0.3, 0.4) is 0 Å². The average Bonchev–Trinajstić information content (AvgIpc) is 2.00. The Morgan fingerprint density at radius 2 is 2.00 bits per heavy atom. The number of allylic oxidation sites excluding steroid dienone is 1. The molecule has 0 amide bonds. The number of rotatable bonds is 1. The first-order valence-corrected chi connectivity index (χ1v) is 5.75. The van der Waals surface area contributed by atoms with Gasteiger partial charge in [0.05, 0.1) is 5.60 Å². The first kappa shape index (κ1) is 10.2. The third-order valence-electron chi connectivity index (χ3n) is 4.51. The van der Waals surface area contributed by atoms with Crippen molar-refractivity contribution in [2.45, 2.75) is 52.6 Å². The molecule has 1 heteroatoms. The fraction of sp³-hybridized carbons (Fsp3) is 0.846. The standard InChI is InChI=1S/C13H22O/c1-9(2)8-13(14)6-5-10-7-11(13)12(10,3)4/h8,10-11,14H,5-7H2,1-4H3. The van der Waals surface area contributed by atoms with Gasteiger partial charge in [0.15, 0.2) is 0 Å². The van der Waals surface area contributed by atoms with Crippen molar-refractivity contribution in [3.8, 4) is 0 Å². The van der Waals surface area contributed by atoms with E-state index in [0.717, 1.165) is 12.3 Å². The largest absolute Gasteiger partial charge is 0.385 e. The smallest absolute Gasteiger partial charge is 0.0863 e. The Balaban J connectivity index is 2.26. The summed E-state index contributed by atoms with van der Waals surface area (Å²) in [6, 6.07) is 0. The van der Waals surface area contributed by atoms with Gasteiger partial charge in [-0.05, 0) is 50.4 Å². The van der Waals surface area contributed by atoms with Crippen molar-refractivity contribution in [1.29, 1.82) is 0 Å². The van der Waals surface area contributed by atoms with E-state index in [2.05, 4.69) is 33.8 Å². The predicted molar refractivity (Wildman–Crippen MR) is 59.0 cm³/mol. The lowest BCUT2D eigenvalue weighted by Crippen LogP contribution is -2.60. The average molecular weight is 194 g/mol. The molecule has 0 aromatic rings. The molecule has 3 atom stereocenters. The number of hydrogen-bond donors (Lipinski definition) is 1. The quantitative estimate of drug-likeness (QED) is 0.636. The van der Waals surface area contributed by atoms with E-state index in [4.69, 9.17) is 0 Å². The molecule has 3 unspecified atom stereocenters. The van der Waals surface area contributed by atoms with Crippen molar-refractivity contribution in [3.63, 3.8) is 0 Å². The van der Waals surface area contributed by atoms with Crippen LogP contribution in [0.2, 0.25) is 0 Å².